The van der Waals surface area contributed by atoms with E-state index >= 15 is 0 Å². The van der Waals surface area contributed by atoms with E-state index in [1.165, 1.54) is 11.3 Å². The summed E-state index contributed by atoms with van der Waals surface area (Å²) < 4.78 is 29.6. The molecule has 0 aliphatic heterocycles. The Balaban J connectivity index is 1.83. The van der Waals surface area contributed by atoms with Crippen LogP contribution >= 0.6 is 27.3 Å². The maximum Gasteiger partial charge on any atom is 0.257 e. The van der Waals surface area contributed by atoms with E-state index in [0.717, 1.165) is 34.9 Å². The second-order valence-corrected chi connectivity index (χ2v) is 11.1. The van der Waals surface area contributed by atoms with Crippen LogP contribution in [-0.4, -0.2) is 36.7 Å². The van der Waals surface area contributed by atoms with Crippen molar-refractivity contribution in [3.63, 3.8) is 0 Å². The van der Waals surface area contributed by atoms with E-state index in [-0.39, 0.29) is 10.8 Å². The molecule has 1 aromatic heterocycles. The van der Waals surface area contributed by atoms with Gasteiger partial charge in [0.2, 0.25) is 10.0 Å². The zero-order chi connectivity index (χ0) is 22.4. The maximum absolute atomic E-state index is 13.2. The van der Waals surface area contributed by atoms with Crippen molar-refractivity contribution in [2.45, 2.75) is 44.4 Å². The highest BCUT2D eigenvalue weighted by atomic mass is 79.9. The molecule has 0 aliphatic rings. The van der Waals surface area contributed by atoms with Crippen molar-refractivity contribution in [1.29, 1.82) is 0 Å². The zero-order valence-electron chi connectivity index (χ0n) is 17.6. The largest absolute Gasteiger partial charge is 0.298 e. The van der Waals surface area contributed by atoms with Gasteiger partial charge in [0.15, 0.2) is 5.13 Å². The number of nitrogens with zero attached hydrogens (tertiary/aromatic N) is 2. The maximum atomic E-state index is 13.2. The summed E-state index contributed by atoms with van der Waals surface area (Å²) in [5.74, 6) is -0.260. The Hall–Kier alpha value is -1.81. The number of sulfonamides is 1. The van der Waals surface area contributed by atoms with Crippen LogP contribution in [0.2, 0.25) is 0 Å². The van der Waals surface area contributed by atoms with Gasteiger partial charge in [-0.15, -0.1) is 0 Å². The molecule has 0 fully saturated rings. The fourth-order valence-corrected chi connectivity index (χ4v) is 5.84. The first-order valence-corrected chi connectivity index (χ1v) is 13.4. The molecular formula is C22H26BrN3O3S2. The van der Waals surface area contributed by atoms with Crippen LogP contribution in [0.5, 0.6) is 0 Å². The number of hydrogen-bond donors (Lipinski definition) is 1. The van der Waals surface area contributed by atoms with Crippen molar-refractivity contribution < 1.29 is 13.2 Å². The number of amides is 1. The normalized spacial score (nSPS) is 11.9. The number of anilines is 1. The van der Waals surface area contributed by atoms with Gasteiger partial charge in [0.05, 0.1) is 15.1 Å². The average Bonchev–Trinajstić information content (AvgIpc) is 3.15. The second-order valence-electron chi connectivity index (χ2n) is 7.22. The van der Waals surface area contributed by atoms with Crippen LogP contribution in [0.15, 0.2) is 51.8 Å². The van der Waals surface area contributed by atoms with Crippen LogP contribution < -0.4 is 5.32 Å². The van der Waals surface area contributed by atoms with Gasteiger partial charge in [-0.3, -0.25) is 10.1 Å². The Bertz CT molecular complexity index is 1140. The Kier molecular flexibility index (Phi) is 8.21. The predicted octanol–water partition coefficient (Wildman–Crippen LogP) is 5.90. The molecule has 0 unspecified atom stereocenters. The molecule has 0 spiro atoms. The number of nitrogens with one attached hydrogen (secondary N) is 1. The molecule has 0 saturated carbocycles. The van der Waals surface area contributed by atoms with Gasteiger partial charge in [0.1, 0.15) is 0 Å². The lowest BCUT2D eigenvalue weighted by molar-refractivity contribution is 0.102. The summed E-state index contributed by atoms with van der Waals surface area (Å²) in [5, 5.41) is 3.23. The van der Waals surface area contributed by atoms with E-state index in [2.05, 4.69) is 40.1 Å². The summed E-state index contributed by atoms with van der Waals surface area (Å²) in [4.78, 5) is 17.2. The molecular weight excluding hydrogens is 498 g/mol. The van der Waals surface area contributed by atoms with Crippen LogP contribution in [0.1, 0.15) is 49.9 Å². The summed E-state index contributed by atoms with van der Waals surface area (Å²) in [6.07, 6.45) is 3.54. The molecule has 3 rings (SSSR count). The third-order valence-electron chi connectivity index (χ3n) is 4.85. The molecule has 166 valence electrons. The van der Waals surface area contributed by atoms with E-state index in [9.17, 15) is 13.2 Å². The molecule has 1 amide bonds. The zero-order valence-corrected chi connectivity index (χ0v) is 20.8. The SMILES string of the molecule is CCCCN(CCCC)S(=O)(=O)c1ccc2nc(NC(=O)c3ccc(Br)cc3)sc2c1. The predicted molar refractivity (Wildman–Crippen MR) is 130 cm³/mol. The van der Waals surface area contributed by atoms with Crippen LogP contribution in [0, 0.1) is 0 Å². The lowest BCUT2D eigenvalue weighted by atomic mass is 10.2. The minimum atomic E-state index is -3.58. The summed E-state index contributed by atoms with van der Waals surface area (Å²) in [5.41, 5.74) is 1.18. The number of hydrogen-bond acceptors (Lipinski definition) is 5. The number of carbonyl (C=O) groups is 1. The molecule has 1 heterocycles. The van der Waals surface area contributed by atoms with Gasteiger partial charge in [-0.05, 0) is 55.3 Å². The highest BCUT2D eigenvalue weighted by molar-refractivity contribution is 9.10. The standard InChI is InChI=1S/C22H26BrN3O3S2/c1-3-5-13-26(14-6-4-2)31(28,29)18-11-12-19-20(15-18)30-22(24-19)25-21(27)16-7-9-17(23)10-8-16/h7-12,15H,3-6,13-14H2,1-2H3,(H,24,25,27). The minimum Gasteiger partial charge on any atom is -0.298 e. The topological polar surface area (TPSA) is 79.4 Å². The fraction of sp³-hybridized carbons (Fsp3) is 0.364. The third kappa shape index (κ3) is 5.91. The molecule has 0 radical (unpaired) electrons. The number of halogens is 1. The number of unbranched alkanes of at least 4 members (excludes halogenated alkanes) is 2. The van der Waals surface area contributed by atoms with Crippen LogP contribution in [0.3, 0.4) is 0 Å². The number of carbonyl (C=O) groups excluding carboxylic acids is 1. The first kappa shape index (κ1) is 23.8. The molecule has 9 heteroatoms. The number of benzene rings is 2. The smallest absolute Gasteiger partial charge is 0.257 e. The van der Waals surface area contributed by atoms with E-state index in [1.807, 2.05) is 0 Å². The van der Waals surface area contributed by atoms with Gasteiger partial charge < -0.3 is 0 Å². The molecule has 3 aromatic rings. The van der Waals surface area contributed by atoms with Crippen molar-refractivity contribution in [2.24, 2.45) is 0 Å². The van der Waals surface area contributed by atoms with Crippen molar-refractivity contribution >= 4 is 58.5 Å². The van der Waals surface area contributed by atoms with Gasteiger partial charge >= 0.3 is 0 Å². The molecule has 0 aliphatic carbocycles. The van der Waals surface area contributed by atoms with Crippen molar-refractivity contribution in [3.05, 3.63) is 52.5 Å². The number of aromatic nitrogens is 1. The summed E-state index contributed by atoms with van der Waals surface area (Å²) in [7, 11) is -3.58. The fourth-order valence-electron chi connectivity index (χ4n) is 3.06. The first-order chi connectivity index (χ1) is 14.8. The number of rotatable bonds is 10. The molecule has 2 aromatic carbocycles. The monoisotopic (exact) mass is 523 g/mol. The Labute approximate surface area is 195 Å². The molecule has 31 heavy (non-hydrogen) atoms. The Morgan fingerprint density at radius 1 is 1.06 bits per heavy atom. The molecule has 0 atom stereocenters. The lowest BCUT2D eigenvalue weighted by Gasteiger charge is -2.21. The van der Waals surface area contributed by atoms with Crippen LogP contribution in [0.4, 0.5) is 5.13 Å². The quantitative estimate of drug-likeness (QED) is 0.358. The lowest BCUT2D eigenvalue weighted by Crippen LogP contribution is -2.33. The second kappa shape index (κ2) is 10.7. The summed E-state index contributed by atoms with van der Waals surface area (Å²) in [6.45, 7) is 5.15. The highest BCUT2D eigenvalue weighted by Crippen LogP contribution is 2.30. The van der Waals surface area contributed by atoms with Crippen molar-refractivity contribution in [1.82, 2.24) is 9.29 Å². The van der Waals surface area contributed by atoms with Crippen LogP contribution in [-0.2, 0) is 10.0 Å². The van der Waals surface area contributed by atoms with Gasteiger partial charge in [0.25, 0.3) is 5.91 Å². The number of thiazole rings is 1. The van der Waals surface area contributed by atoms with E-state index in [0.29, 0.717) is 29.3 Å². The summed E-state index contributed by atoms with van der Waals surface area (Å²) >= 11 is 4.62. The number of fused-ring (bicyclic) bond motifs is 1. The third-order valence-corrected chi connectivity index (χ3v) is 8.20. The van der Waals surface area contributed by atoms with Crippen molar-refractivity contribution in [3.8, 4) is 0 Å². The molecule has 0 saturated heterocycles. The molecule has 1 N–H and O–H groups in total. The minimum absolute atomic E-state index is 0.260. The van der Waals surface area contributed by atoms with Gasteiger partial charge in [0, 0.05) is 23.1 Å². The van der Waals surface area contributed by atoms with E-state index < -0.39 is 10.0 Å². The van der Waals surface area contributed by atoms with Crippen molar-refractivity contribution in [2.75, 3.05) is 18.4 Å². The first-order valence-electron chi connectivity index (χ1n) is 10.3. The van der Waals surface area contributed by atoms with E-state index in [4.69, 9.17) is 0 Å². The van der Waals surface area contributed by atoms with E-state index in [1.54, 1.807) is 46.8 Å². The average molecular weight is 525 g/mol. The highest BCUT2D eigenvalue weighted by Gasteiger charge is 2.24. The summed E-state index contributed by atoms with van der Waals surface area (Å²) in [6, 6.07) is 12.0. The van der Waals surface area contributed by atoms with Gasteiger partial charge in [-0.1, -0.05) is 54.0 Å². The van der Waals surface area contributed by atoms with Gasteiger partial charge in [-0.25, -0.2) is 13.4 Å². The van der Waals surface area contributed by atoms with Crippen LogP contribution in [0.25, 0.3) is 10.2 Å². The van der Waals surface area contributed by atoms with Gasteiger partial charge in [-0.2, -0.15) is 4.31 Å². The molecule has 0 bridgehead atoms. The Morgan fingerprint density at radius 2 is 1.71 bits per heavy atom. The molecule has 6 nitrogen and oxygen atoms in total. The Morgan fingerprint density at radius 3 is 2.32 bits per heavy atom.